The van der Waals surface area contributed by atoms with Gasteiger partial charge in [-0.2, -0.15) is 0 Å². The van der Waals surface area contributed by atoms with E-state index in [2.05, 4.69) is 10.3 Å². The summed E-state index contributed by atoms with van der Waals surface area (Å²) in [6, 6.07) is 5.61. The Morgan fingerprint density at radius 2 is 1.88 bits per heavy atom. The largest absolute Gasteiger partial charge is 0.490 e. The van der Waals surface area contributed by atoms with E-state index in [0.717, 1.165) is 43.5 Å². The third-order valence-corrected chi connectivity index (χ3v) is 4.99. The minimum absolute atomic E-state index is 0.141. The van der Waals surface area contributed by atoms with E-state index in [9.17, 15) is 4.79 Å². The number of hydrogen-bond acceptors (Lipinski definition) is 4. The first-order valence-electron chi connectivity index (χ1n) is 9.18. The normalized spacial score (nSPS) is 18.9. The standard InChI is InChI=1S/C19H28N4O3/c1-23(2)17(24)19(8-3-4-9-19)13-21-18(20)22-14-6-7-15-16(12-14)26-11-5-10-25-15/h6-7,12H,3-5,8-11,13H2,1-2H3,(H3,20,21,22). The van der Waals surface area contributed by atoms with Crippen LogP contribution < -0.4 is 20.5 Å². The second-order valence-corrected chi connectivity index (χ2v) is 7.23. The second kappa shape index (κ2) is 7.85. The number of nitrogens with two attached hydrogens (primary N) is 1. The summed E-state index contributed by atoms with van der Waals surface area (Å²) < 4.78 is 11.3. The van der Waals surface area contributed by atoms with Crippen LogP contribution in [0.25, 0.3) is 0 Å². The van der Waals surface area contributed by atoms with Crippen molar-refractivity contribution in [2.75, 3.05) is 39.2 Å². The van der Waals surface area contributed by atoms with Gasteiger partial charge in [-0.15, -0.1) is 0 Å². The highest BCUT2D eigenvalue weighted by Gasteiger charge is 2.41. The maximum Gasteiger partial charge on any atom is 0.230 e. The van der Waals surface area contributed by atoms with E-state index in [1.165, 1.54) is 0 Å². The third-order valence-electron chi connectivity index (χ3n) is 4.99. The maximum atomic E-state index is 12.6. The molecule has 1 aromatic rings. The molecule has 0 saturated heterocycles. The van der Waals surface area contributed by atoms with Gasteiger partial charge in [0, 0.05) is 32.3 Å². The Bertz CT molecular complexity index is 681. The van der Waals surface area contributed by atoms with Gasteiger partial charge in [0.25, 0.3) is 0 Å². The lowest BCUT2D eigenvalue weighted by Gasteiger charge is -2.29. The first-order chi connectivity index (χ1) is 12.5. The smallest absolute Gasteiger partial charge is 0.230 e. The van der Waals surface area contributed by atoms with Crippen LogP contribution in [0.5, 0.6) is 11.5 Å². The maximum absolute atomic E-state index is 12.6. The summed E-state index contributed by atoms with van der Waals surface area (Å²) in [6.45, 7) is 1.70. The number of rotatable bonds is 4. The molecule has 1 heterocycles. The van der Waals surface area contributed by atoms with Crippen LogP contribution in [0, 0.1) is 5.41 Å². The van der Waals surface area contributed by atoms with Crippen molar-refractivity contribution in [2.45, 2.75) is 32.1 Å². The number of ether oxygens (including phenoxy) is 2. The quantitative estimate of drug-likeness (QED) is 0.635. The predicted octanol–water partition coefficient (Wildman–Crippen LogP) is 2.22. The van der Waals surface area contributed by atoms with E-state index in [1.54, 1.807) is 19.0 Å². The van der Waals surface area contributed by atoms with E-state index in [4.69, 9.17) is 15.2 Å². The van der Waals surface area contributed by atoms with E-state index < -0.39 is 5.41 Å². The molecule has 3 N–H and O–H groups in total. The first kappa shape index (κ1) is 18.4. The molecule has 7 nitrogen and oxygen atoms in total. The fourth-order valence-electron chi connectivity index (χ4n) is 3.63. The minimum atomic E-state index is -0.416. The molecule has 1 amide bonds. The summed E-state index contributed by atoms with van der Waals surface area (Å²) in [5, 5.41) is 3.09. The molecular formula is C19H28N4O3. The van der Waals surface area contributed by atoms with Crippen molar-refractivity contribution in [3.8, 4) is 11.5 Å². The van der Waals surface area contributed by atoms with Gasteiger partial charge < -0.3 is 25.4 Å². The molecule has 0 atom stereocenters. The molecular weight excluding hydrogens is 332 g/mol. The van der Waals surface area contributed by atoms with Crippen LogP contribution in [0.2, 0.25) is 0 Å². The van der Waals surface area contributed by atoms with Crippen LogP contribution in [0.15, 0.2) is 23.2 Å². The highest BCUT2D eigenvalue weighted by Crippen LogP contribution is 2.39. The van der Waals surface area contributed by atoms with Crippen molar-refractivity contribution in [3.63, 3.8) is 0 Å². The second-order valence-electron chi connectivity index (χ2n) is 7.23. The molecule has 7 heteroatoms. The van der Waals surface area contributed by atoms with Crippen molar-refractivity contribution in [1.82, 2.24) is 4.90 Å². The molecule has 142 valence electrons. The van der Waals surface area contributed by atoms with Gasteiger partial charge in [0.2, 0.25) is 5.91 Å². The van der Waals surface area contributed by atoms with Crippen LogP contribution in [0.1, 0.15) is 32.1 Å². The van der Waals surface area contributed by atoms with Gasteiger partial charge in [0.15, 0.2) is 17.5 Å². The zero-order valence-electron chi connectivity index (χ0n) is 15.6. The molecule has 0 spiro atoms. The fourth-order valence-corrected chi connectivity index (χ4v) is 3.63. The molecule has 0 bridgehead atoms. The van der Waals surface area contributed by atoms with Gasteiger partial charge in [0.1, 0.15) is 0 Å². The topological polar surface area (TPSA) is 89.2 Å². The van der Waals surface area contributed by atoms with Crippen molar-refractivity contribution in [3.05, 3.63) is 18.2 Å². The summed E-state index contributed by atoms with van der Waals surface area (Å²) in [5.41, 5.74) is 6.44. The molecule has 26 heavy (non-hydrogen) atoms. The highest BCUT2D eigenvalue weighted by atomic mass is 16.5. The molecule has 1 saturated carbocycles. The molecule has 0 radical (unpaired) electrons. The number of guanidine groups is 1. The summed E-state index contributed by atoms with van der Waals surface area (Å²) in [6.07, 6.45) is 4.72. The Morgan fingerprint density at radius 3 is 2.58 bits per heavy atom. The highest BCUT2D eigenvalue weighted by molar-refractivity contribution is 5.93. The Labute approximate surface area is 154 Å². The average Bonchev–Trinajstić information content (AvgIpc) is 2.98. The van der Waals surface area contributed by atoms with Crippen LogP contribution in [-0.4, -0.2) is 50.6 Å². The molecule has 0 unspecified atom stereocenters. The molecule has 1 aromatic carbocycles. The number of carbonyl (C=O) groups is 1. The Hall–Kier alpha value is -2.44. The van der Waals surface area contributed by atoms with E-state index in [-0.39, 0.29) is 5.91 Å². The summed E-state index contributed by atoms with van der Waals surface area (Å²) in [4.78, 5) is 18.7. The number of carbonyl (C=O) groups excluding carboxylic acids is 1. The fraction of sp³-hybridized carbons (Fsp3) is 0.579. The first-order valence-corrected chi connectivity index (χ1v) is 9.18. The van der Waals surface area contributed by atoms with E-state index in [0.29, 0.717) is 31.5 Å². The molecule has 3 rings (SSSR count). The summed E-state index contributed by atoms with van der Waals surface area (Å²) in [5.74, 6) is 1.89. The summed E-state index contributed by atoms with van der Waals surface area (Å²) in [7, 11) is 3.59. The van der Waals surface area contributed by atoms with E-state index >= 15 is 0 Å². The van der Waals surface area contributed by atoms with Crippen molar-refractivity contribution >= 4 is 17.6 Å². The zero-order chi connectivity index (χ0) is 18.6. The van der Waals surface area contributed by atoms with Crippen LogP contribution in [-0.2, 0) is 4.79 Å². The minimum Gasteiger partial charge on any atom is -0.490 e. The number of benzene rings is 1. The molecule has 1 fully saturated rings. The molecule has 1 aliphatic carbocycles. The Morgan fingerprint density at radius 1 is 1.19 bits per heavy atom. The number of nitrogens with zero attached hydrogens (tertiary/aromatic N) is 2. The van der Waals surface area contributed by atoms with Gasteiger partial charge in [-0.05, 0) is 25.0 Å². The summed E-state index contributed by atoms with van der Waals surface area (Å²) >= 11 is 0. The number of nitrogens with one attached hydrogen (secondary N) is 1. The van der Waals surface area contributed by atoms with Gasteiger partial charge in [-0.25, -0.2) is 0 Å². The number of amides is 1. The SMILES string of the molecule is CN(C)C(=O)C1(CN=C(N)Nc2ccc3c(c2)OCCCO3)CCCC1. The van der Waals surface area contributed by atoms with Crippen molar-refractivity contribution < 1.29 is 14.3 Å². The average molecular weight is 360 g/mol. The number of hydrogen-bond donors (Lipinski definition) is 2. The van der Waals surface area contributed by atoms with Crippen molar-refractivity contribution in [1.29, 1.82) is 0 Å². The van der Waals surface area contributed by atoms with Crippen LogP contribution in [0.3, 0.4) is 0 Å². The lowest BCUT2D eigenvalue weighted by Crippen LogP contribution is -2.41. The third kappa shape index (κ3) is 4.03. The van der Waals surface area contributed by atoms with Crippen molar-refractivity contribution in [2.24, 2.45) is 16.1 Å². The molecule has 2 aliphatic rings. The lowest BCUT2D eigenvalue weighted by atomic mass is 9.85. The zero-order valence-corrected chi connectivity index (χ0v) is 15.6. The monoisotopic (exact) mass is 360 g/mol. The van der Waals surface area contributed by atoms with E-state index in [1.807, 2.05) is 18.2 Å². The van der Waals surface area contributed by atoms with Gasteiger partial charge in [0.05, 0.1) is 25.2 Å². The van der Waals surface area contributed by atoms with Crippen LogP contribution >= 0.6 is 0 Å². The predicted molar refractivity (Wildman–Crippen MR) is 102 cm³/mol. The Kier molecular flexibility index (Phi) is 5.54. The Balaban J connectivity index is 1.68. The van der Waals surface area contributed by atoms with Gasteiger partial charge in [-0.1, -0.05) is 12.8 Å². The number of aliphatic imine (C=N–C) groups is 1. The number of fused-ring (bicyclic) bond motifs is 1. The van der Waals surface area contributed by atoms with Gasteiger partial charge >= 0.3 is 0 Å². The molecule has 0 aromatic heterocycles. The number of anilines is 1. The lowest BCUT2D eigenvalue weighted by molar-refractivity contribution is -0.138. The van der Waals surface area contributed by atoms with Gasteiger partial charge in [-0.3, -0.25) is 9.79 Å². The van der Waals surface area contributed by atoms with Crippen LogP contribution in [0.4, 0.5) is 5.69 Å². The molecule has 1 aliphatic heterocycles.